The SMILES string of the molecule is CCC(C(=O)NC(C)C)N(Cc1cccc(OC)c1)C(=O)COc1ccc(C)cc1C. The summed E-state index contributed by atoms with van der Waals surface area (Å²) in [6, 6.07) is 12.7. The number of carbonyl (C=O) groups excluding carboxylic acids is 2. The van der Waals surface area contributed by atoms with Crippen LogP contribution in [0.3, 0.4) is 0 Å². The van der Waals surface area contributed by atoms with Crippen LogP contribution >= 0.6 is 0 Å². The second-order valence-corrected chi connectivity index (χ2v) is 8.02. The Morgan fingerprint density at radius 3 is 2.45 bits per heavy atom. The number of hydrogen-bond acceptors (Lipinski definition) is 4. The molecule has 0 aliphatic carbocycles. The van der Waals surface area contributed by atoms with Gasteiger partial charge in [0.15, 0.2) is 6.61 Å². The summed E-state index contributed by atoms with van der Waals surface area (Å²) in [6.07, 6.45) is 0.498. The van der Waals surface area contributed by atoms with Crippen LogP contribution in [0.5, 0.6) is 11.5 Å². The second-order valence-electron chi connectivity index (χ2n) is 8.02. The molecule has 0 saturated heterocycles. The van der Waals surface area contributed by atoms with E-state index >= 15 is 0 Å². The molecule has 0 saturated carbocycles. The van der Waals surface area contributed by atoms with Crippen molar-refractivity contribution >= 4 is 11.8 Å². The van der Waals surface area contributed by atoms with E-state index in [0.717, 1.165) is 16.7 Å². The molecule has 0 spiro atoms. The van der Waals surface area contributed by atoms with Crippen molar-refractivity contribution in [2.24, 2.45) is 0 Å². The molecular weight excluding hydrogens is 392 g/mol. The lowest BCUT2D eigenvalue weighted by Crippen LogP contribution is -2.51. The van der Waals surface area contributed by atoms with Crippen LogP contribution in [0.25, 0.3) is 0 Å². The van der Waals surface area contributed by atoms with Gasteiger partial charge in [0, 0.05) is 12.6 Å². The van der Waals surface area contributed by atoms with Crippen molar-refractivity contribution in [1.82, 2.24) is 10.2 Å². The molecule has 2 aromatic rings. The van der Waals surface area contributed by atoms with Gasteiger partial charge in [-0.3, -0.25) is 9.59 Å². The highest BCUT2D eigenvalue weighted by Gasteiger charge is 2.29. The van der Waals surface area contributed by atoms with Crippen molar-refractivity contribution < 1.29 is 19.1 Å². The van der Waals surface area contributed by atoms with E-state index in [1.807, 2.05) is 77.1 Å². The molecular formula is C25H34N2O4. The summed E-state index contributed by atoms with van der Waals surface area (Å²) in [5.74, 6) is 0.963. The Morgan fingerprint density at radius 1 is 1.10 bits per heavy atom. The van der Waals surface area contributed by atoms with Crippen LogP contribution in [0.4, 0.5) is 0 Å². The quantitative estimate of drug-likeness (QED) is 0.623. The molecule has 0 fully saturated rings. The Hall–Kier alpha value is -3.02. The van der Waals surface area contributed by atoms with Crippen LogP contribution in [-0.4, -0.2) is 42.5 Å². The number of ether oxygens (including phenoxy) is 2. The van der Waals surface area contributed by atoms with Gasteiger partial charge in [0.25, 0.3) is 5.91 Å². The number of nitrogens with one attached hydrogen (secondary N) is 1. The number of amides is 2. The summed E-state index contributed by atoms with van der Waals surface area (Å²) < 4.78 is 11.1. The average molecular weight is 427 g/mol. The first-order chi connectivity index (χ1) is 14.7. The van der Waals surface area contributed by atoms with Crippen molar-refractivity contribution in [3.8, 4) is 11.5 Å². The van der Waals surface area contributed by atoms with Crippen LogP contribution in [-0.2, 0) is 16.1 Å². The largest absolute Gasteiger partial charge is 0.497 e. The molecule has 31 heavy (non-hydrogen) atoms. The fourth-order valence-corrected chi connectivity index (χ4v) is 3.45. The molecule has 6 heteroatoms. The molecule has 0 heterocycles. The van der Waals surface area contributed by atoms with Gasteiger partial charge in [0.1, 0.15) is 17.5 Å². The highest BCUT2D eigenvalue weighted by molar-refractivity contribution is 5.88. The smallest absolute Gasteiger partial charge is 0.261 e. The predicted octanol–water partition coefficient (Wildman–Crippen LogP) is 4.02. The van der Waals surface area contributed by atoms with Gasteiger partial charge < -0.3 is 19.7 Å². The zero-order chi connectivity index (χ0) is 23.0. The van der Waals surface area contributed by atoms with Gasteiger partial charge in [-0.2, -0.15) is 0 Å². The number of hydrogen-bond donors (Lipinski definition) is 1. The fourth-order valence-electron chi connectivity index (χ4n) is 3.45. The minimum absolute atomic E-state index is 0.0122. The molecule has 0 bridgehead atoms. The average Bonchev–Trinajstić information content (AvgIpc) is 2.72. The van der Waals surface area contributed by atoms with Crippen molar-refractivity contribution in [3.05, 3.63) is 59.2 Å². The van der Waals surface area contributed by atoms with Gasteiger partial charge >= 0.3 is 0 Å². The molecule has 168 valence electrons. The van der Waals surface area contributed by atoms with E-state index in [2.05, 4.69) is 5.32 Å². The molecule has 0 aliphatic heterocycles. The maximum atomic E-state index is 13.2. The number of carbonyl (C=O) groups is 2. The minimum atomic E-state index is -0.594. The normalized spacial score (nSPS) is 11.7. The Labute approximate surface area is 185 Å². The van der Waals surface area contributed by atoms with E-state index in [4.69, 9.17) is 9.47 Å². The molecule has 0 aliphatic rings. The van der Waals surface area contributed by atoms with E-state index in [9.17, 15) is 9.59 Å². The topological polar surface area (TPSA) is 67.9 Å². The van der Waals surface area contributed by atoms with Gasteiger partial charge in [0.05, 0.1) is 7.11 Å². The van der Waals surface area contributed by atoms with Crippen LogP contribution in [0, 0.1) is 13.8 Å². The van der Waals surface area contributed by atoms with Crippen LogP contribution in [0.2, 0.25) is 0 Å². The Balaban J connectivity index is 2.25. The lowest BCUT2D eigenvalue weighted by molar-refractivity contribution is -0.143. The summed E-state index contributed by atoms with van der Waals surface area (Å²) in [5, 5.41) is 2.93. The summed E-state index contributed by atoms with van der Waals surface area (Å²) in [4.78, 5) is 27.7. The molecule has 1 N–H and O–H groups in total. The monoisotopic (exact) mass is 426 g/mol. The van der Waals surface area contributed by atoms with Gasteiger partial charge in [-0.05, 0) is 63.4 Å². The fraction of sp³-hybridized carbons (Fsp3) is 0.440. The van der Waals surface area contributed by atoms with Gasteiger partial charge in [-0.15, -0.1) is 0 Å². The zero-order valence-electron chi connectivity index (χ0n) is 19.4. The van der Waals surface area contributed by atoms with Crippen molar-refractivity contribution in [2.75, 3.05) is 13.7 Å². The summed E-state index contributed by atoms with van der Waals surface area (Å²) in [5.41, 5.74) is 2.99. The summed E-state index contributed by atoms with van der Waals surface area (Å²) in [7, 11) is 1.60. The molecule has 0 radical (unpaired) electrons. The maximum Gasteiger partial charge on any atom is 0.261 e. The lowest BCUT2D eigenvalue weighted by Gasteiger charge is -2.31. The third kappa shape index (κ3) is 7.02. The van der Waals surface area contributed by atoms with Crippen LogP contribution < -0.4 is 14.8 Å². The third-order valence-corrected chi connectivity index (χ3v) is 4.99. The molecule has 6 nitrogen and oxygen atoms in total. The third-order valence-electron chi connectivity index (χ3n) is 4.99. The van der Waals surface area contributed by atoms with E-state index in [1.165, 1.54) is 0 Å². The first-order valence-electron chi connectivity index (χ1n) is 10.7. The van der Waals surface area contributed by atoms with E-state index < -0.39 is 6.04 Å². The minimum Gasteiger partial charge on any atom is -0.497 e. The molecule has 2 rings (SSSR count). The summed E-state index contributed by atoms with van der Waals surface area (Å²) >= 11 is 0. The highest BCUT2D eigenvalue weighted by Crippen LogP contribution is 2.20. The van der Waals surface area contributed by atoms with Crippen molar-refractivity contribution in [2.45, 2.75) is 59.7 Å². The molecule has 1 atom stereocenters. The van der Waals surface area contributed by atoms with Crippen molar-refractivity contribution in [1.29, 1.82) is 0 Å². The molecule has 2 amide bonds. The zero-order valence-corrected chi connectivity index (χ0v) is 19.4. The molecule has 0 aromatic heterocycles. The summed E-state index contributed by atoms with van der Waals surface area (Å²) in [6.45, 7) is 9.82. The van der Waals surface area contributed by atoms with Crippen LogP contribution in [0.1, 0.15) is 43.9 Å². The Kier molecular flexibility index (Phi) is 8.91. The molecule has 2 aromatic carbocycles. The predicted molar refractivity (Wildman–Crippen MR) is 122 cm³/mol. The van der Waals surface area contributed by atoms with E-state index in [1.54, 1.807) is 12.0 Å². The van der Waals surface area contributed by atoms with Gasteiger partial charge in [-0.25, -0.2) is 0 Å². The molecule has 1 unspecified atom stereocenters. The maximum absolute atomic E-state index is 13.2. The van der Waals surface area contributed by atoms with E-state index in [0.29, 0.717) is 17.9 Å². The lowest BCUT2D eigenvalue weighted by atomic mass is 10.1. The van der Waals surface area contributed by atoms with Gasteiger partial charge in [0.2, 0.25) is 5.91 Å². The number of methoxy groups -OCH3 is 1. The Morgan fingerprint density at radius 2 is 1.84 bits per heavy atom. The Bertz CT molecular complexity index is 895. The van der Waals surface area contributed by atoms with E-state index in [-0.39, 0.29) is 31.0 Å². The number of benzene rings is 2. The first-order valence-corrected chi connectivity index (χ1v) is 10.7. The van der Waals surface area contributed by atoms with Crippen molar-refractivity contribution in [3.63, 3.8) is 0 Å². The second kappa shape index (κ2) is 11.4. The number of nitrogens with zero attached hydrogens (tertiary/aromatic N) is 1. The first kappa shape index (κ1) is 24.3. The number of aryl methyl sites for hydroxylation is 2. The van der Waals surface area contributed by atoms with Crippen LogP contribution in [0.15, 0.2) is 42.5 Å². The standard InChI is InChI=1S/C25H34N2O4/c1-7-22(25(29)26-17(2)3)27(15-20-9-8-10-21(14-20)30-6)24(28)16-31-23-12-11-18(4)13-19(23)5/h8-14,17,22H,7,15-16H2,1-6H3,(H,26,29). The van der Waals surface area contributed by atoms with Gasteiger partial charge in [-0.1, -0.05) is 36.8 Å². The highest BCUT2D eigenvalue weighted by atomic mass is 16.5. The number of rotatable bonds is 10.